The number of imidazole rings is 1. The van der Waals surface area contributed by atoms with Gasteiger partial charge in [0.05, 0.1) is 13.2 Å². The van der Waals surface area contributed by atoms with E-state index in [0.717, 1.165) is 31.0 Å². The van der Waals surface area contributed by atoms with E-state index in [1.165, 1.54) is 0 Å². The predicted molar refractivity (Wildman–Crippen MR) is 92.7 cm³/mol. The lowest BCUT2D eigenvalue weighted by atomic mass is 10.3. The van der Waals surface area contributed by atoms with Gasteiger partial charge in [-0.3, -0.25) is 4.57 Å². The number of hydrogen-bond donors (Lipinski definition) is 2. The quantitative estimate of drug-likeness (QED) is 0.588. The summed E-state index contributed by atoms with van der Waals surface area (Å²) in [6, 6.07) is 0. The zero-order valence-electron chi connectivity index (χ0n) is 14.4. The summed E-state index contributed by atoms with van der Waals surface area (Å²) in [5.74, 6) is 1.50. The standard InChI is InChI=1S/C15H24N5O3Si/c1-4-5-6-19(3)13-12-14(18-15(24)17-13)20(10(2)16-12)9-23-11(7-21)8-22/h11,21-22H,4-9H2,1-3H3. The van der Waals surface area contributed by atoms with Crippen LogP contribution in [0.4, 0.5) is 5.82 Å². The fraction of sp³-hybridized carbons (Fsp3) is 0.667. The predicted octanol–water partition coefficient (Wildman–Crippen LogP) is -0.508. The second kappa shape index (κ2) is 8.52. The third-order valence-electron chi connectivity index (χ3n) is 3.82. The number of aryl methyl sites for hydroxylation is 1. The summed E-state index contributed by atoms with van der Waals surface area (Å²) in [6.45, 7) is 4.55. The van der Waals surface area contributed by atoms with E-state index in [4.69, 9.17) is 14.9 Å². The molecule has 24 heavy (non-hydrogen) atoms. The van der Waals surface area contributed by atoms with Crippen molar-refractivity contribution in [2.45, 2.75) is 39.5 Å². The van der Waals surface area contributed by atoms with Gasteiger partial charge in [0.15, 0.2) is 17.0 Å². The lowest BCUT2D eigenvalue weighted by Gasteiger charge is -2.18. The summed E-state index contributed by atoms with van der Waals surface area (Å²) in [6.07, 6.45) is 1.54. The number of aliphatic hydroxyl groups is 2. The highest BCUT2D eigenvalue weighted by Crippen LogP contribution is 2.22. The molecule has 0 aliphatic heterocycles. The molecule has 2 rings (SSSR count). The summed E-state index contributed by atoms with van der Waals surface area (Å²) in [5.41, 5.74) is 1.84. The molecule has 2 heterocycles. The minimum atomic E-state index is -0.627. The van der Waals surface area contributed by atoms with Crippen LogP contribution in [0.1, 0.15) is 25.6 Å². The van der Waals surface area contributed by atoms with Crippen LogP contribution in [0, 0.1) is 6.92 Å². The third-order valence-corrected chi connectivity index (χ3v) is 4.05. The van der Waals surface area contributed by atoms with Crippen LogP contribution in [0.2, 0.25) is 0 Å². The molecule has 0 saturated heterocycles. The van der Waals surface area contributed by atoms with Crippen molar-refractivity contribution < 1.29 is 14.9 Å². The van der Waals surface area contributed by atoms with Crippen molar-refractivity contribution in [3.63, 3.8) is 0 Å². The molecular formula is C15H24N5O3Si. The SMILES string of the molecule is CCCCN(C)c1nc([Si])nc2c1nc(C)n2COC(CO)CO. The molecule has 0 fully saturated rings. The lowest BCUT2D eigenvalue weighted by molar-refractivity contribution is -0.0493. The second-order valence-electron chi connectivity index (χ2n) is 5.69. The van der Waals surface area contributed by atoms with Crippen LogP contribution in [-0.2, 0) is 11.5 Å². The molecule has 8 nitrogen and oxygen atoms in total. The van der Waals surface area contributed by atoms with Gasteiger partial charge in [0.1, 0.15) is 34.3 Å². The first-order valence-corrected chi connectivity index (χ1v) is 8.52. The van der Waals surface area contributed by atoms with Gasteiger partial charge in [0.2, 0.25) is 0 Å². The Labute approximate surface area is 144 Å². The largest absolute Gasteiger partial charge is 0.394 e. The van der Waals surface area contributed by atoms with Crippen molar-refractivity contribution in [3.8, 4) is 0 Å². The van der Waals surface area contributed by atoms with Crippen molar-refractivity contribution in [1.82, 2.24) is 19.5 Å². The molecule has 131 valence electrons. The average molecular weight is 350 g/mol. The minimum Gasteiger partial charge on any atom is -0.394 e. The monoisotopic (exact) mass is 350 g/mol. The van der Waals surface area contributed by atoms with Gasteiger partial charge in [0.25, 0.3) is 0 Å². The van der Waals surface area contributed by atoms with Crippen molar-refractivity contribution in [2.75, 3.05) is 31.7 Å². The van der Waals surface area contributed by atoms with Crippen molar-refractivity contribution in [1.29, 1.82) is 0 Å². The Bertz CT molecular complexity index is 675. The van der Waals surface area contributed by atoms with Gasteiger partial charge in [-0.25, -0.2) is 15.0 Å². The Kier molecular flexibility index (Phi) is 6.66. The molecule has 0 spiro atoms. The van der Waals surface area contributed by atoms with E-state index in [1.54, 1.807) is 4.57 Å². The summed E-state index contributed by atoms with van der Waals surface area (Å²) in [5, 5.41) is 18.3. The van der Waals surface area contributed by atoms with Crippen LogP contribution >= 0.6 is 0 Å². The van der Waals surface area contributed by atoms with E-state index in [9.17, 15) is 0 Å². The van der Waals surface area contributed by atoms with E-state index in [2.05, 4.69) is 37.0 Å². The summed E-state index contributed by atoms with van der Waals surface area (Å²) in [4.78, 5) is 15.5. The number of aromatic nitrogens is 4. The molecular weight excluding hydrogens is 326 g/mol. The molecule has 0 aromatic carbocycles. The van der Waals surface area contributed by atoms with Crippen LogP contribution in [-0.4, -0.2) is 72.9 Å². The molecule has 0 aliphatic carbocycles. The lowest BCUT2D eigenvalue weighted by Crippen LogP contribution is -2.26. The van der Waals surface area contributed by atoms with Gasteiger partial charge in [-0.2, -0.15) is 0 Å². The van der Waals surface area contributed by atoms with E-state index < -0.39 is 6.10 Å². The van der Waals surface area contributed by atoms with Crippen molar-refractivity contribution in [3.05, 3.63) is 5.82 Å². The Morgan fingerprint density at radius 2 is 1.96 bits per heavy atom. The molecule has 0 bridgehead atoms. The number of fused-ring (bicyclic) bond motifs is 1. The zero-order chi connectivity index (χ0) is 17.7. The topological polar surface area (TPSA) is 96.5 Å². The molecule has 0 atom stereocenters. The maximum atomic E-state index is 9.13. The Hall–Kier alpha value is -1.55. The van der Waals surface area contributed by atoms with Crippen LogP contribution in [0.5, 0.6) is 0 Å². The summed E-state index contributed by atoms with van der Waals surface area (Å²) in [7, 11) is 5.40. The highest BCUT2D eigenvalue weighted by Gasteiger charge is 2.18. The molecule has 0 unspecified atom stereocenters. The number of ether oxygens (including phenoxy) is 1. The Morgan fingerprint density at radius 3 is 2.58 bits per heavy atom. The van der Waals surface area contributed by atoms with E-state index >= 15 is 0 Å². The Morgan fingerprint density at radius 1 is 1.25 bits per heavy atom. The molecule has 2 aromatic heterocycles. The number of hydrogen-bond acceptors (Lipinski definition) is 7. The Balaban J connectivity index is 2.37. The molecule has 2 aromatic rings. The number of anilines is 1. The first-order chi connectivity index (χ1) is 11.5. The first-order valence-electron chi connectivity index (χ1n) is 8.02. The maximum Gasteiger partial charge on any atom is 0.167 e. The van der Waals surface area contributed by atoms with Crippen LogP contribution in [0.25, 0.3) is 11.2 Å². The molecule has 0 saturated carbocycles. The number of nitrogens with zero attached hydrogens (tertiary/aromatic N) is 5. The van der Waals surface area contributed by atoms with Crippen LogP contribution < -0.4 is 10.3 Å². The zero-order valence-corrected chi connectivity index (χ0v) is 15.4. The molecule has 0 amide bonds. The van der Waals surface area contributed by atoms with Gasteiger partial charge in [-0.05, 0) is 13.3 Å². The van der Waals surface area contributed by atoms with Gasteiger partial charge in [-0.1, -0.05) is 13.3 Å². The fourth-order valence-corrected chi connectivity index (χ4v) is 2.57. The highest BCUT2D eigenvalue weighted by molar-refractivity contribution is 6.29. The first kappa shape index (κ1) is 18.8. The van der Waals surface area contributed by atoms with E-state index in [1.807, 2.05) is 14.0 Å². The van der Waals surface area contributed by atoms with Crippen molar-refractivity contribution >= 4 is 32.7 Å². The summed E-state index contributed by atoms with van der Waals surface area (Å²) >= 11 is 0. The van der Waals surface area contributed by atoms with Crippen LogP contribution in [0.3, 0.4) is 0 Å². The molecule has 9 heteroatoms. The normalized spacial score (nSPS) is 11.6. The van der Waals surface area contributed by atoms with Crippen molar-refractivity contribution in [2.24, 2.45) is 0 Å². The van der Waals surface area contributed by atoms with Crippen LogP contribution in [0.15, 0.2) is 0 Å². The smallest absolute Gasteiger partial charge is 0.167 e. The maximum absolute atomic E-state index is 9.13. The number of rotatable bonds is 9. The number of unbranched alkanes of at least 4 members (excludes halogenated alkanes) is 1. The number of aliphatic hydroxyl groups excluding tert-OH is 2. The van der Waals surface area contributed by atoms with Gasteiger partial charge in [-0.15, -0.1) is 0 Å². The van der Waals surface area contributed by atoms with Gasteiger partial charge in [0, 0.05) is 13.6 Å². The average Bonchev–Trinajstić information content (AvgIpc) is 2.88. The van der Waals surface area contributed by atoms with Gasteiger partial charge >= 0.3 is 0 Å². The van der Waals surface area contributed by atoms with Gasteiger partial charge < -0.3 is 19.8 Å². The van der Waals surface area contributed by atoms with E-state index in [-0.39, 0.29) is 19.9 Å². The highest BCUT2D eigenvalue weighted by atomic mass is 28.1. The fourth-order valence-electron chi connectivity index (χ4n) is 2.36. The second-order valence-corrected chi connectivity index (χ2v) is 6.14. The van der Waals surface area contributed by atoms with E-state index in [0.29, 0.717) is 16.6 Å². The molecule has 3 radical (unpaired) electrons. The molecule has 2 N–H and O–H groups in total. The molecule has 0 aliphatic rings. The summed E-state index contributed by atoms with van der Waals surface area (Å²) < 4.78 is 7.31. The minimum absolute atomic E-state index is 0.148. The third kappa shape index (κ3) is 4.10.